The van der Waals surface area contributed by atoms with Gasteiger partial charge >= 0.3 is 0 Å². The first-order valence-electron chi connectivity index (χ1n) is 5.59. The SMILES string of the molecule is CCC(C#N)S(=O)(=O)Nc1cc(C)c(C)cc1N. The Morgan fingerprint density at radius 1 is 1.39 bits per heavy atom. The van der Waals surface area contributed by atoms with Crippen molar-refractivity contribution in [2.45, 2.75) is 32.4 Å². The number of hydrogen-bond acceptors (Lipinski definition) is 4. The molecule has 0 amide bonds. The minimum Gasteiger partial charge on any atom is -0.397 e. The molecule has 0 heterocycles. The second kappa shape index (κ2) is 5.27. The molecule has 0 fully saturated rings. The highest BCUT2D eigenvalue weighted by Crippen LogP contribution is 2.25. The zero-order valence-electron chi connectivity index (χ0n) is 10.7. The molecule has 1 aromatic carbocycles. The van der Waals surface area contributed by atoms with Gasteiger partial charge in [-0.25, -0.2) is 8.42 Å². The summed E-state index contributed by atoms with van der Waals surface area (Å²) in [6.45, 7) is 5.42. The highest BCUT2D eigenvalue weighted by molar-refractivity contribution is 7.93. The van der Waals surface area contributed by atoms with Gasteiger partial charge in [-0.2, -0.15) is 5.26 Å². The number of aryl methyl sites for hydroxylation is 2. The van der Waals surface area contributed by atoms with Crippen molar-refractivity contribution in [3.8, 4) is 6.07 Å². The first-order valence-corrected chi connectivity index (χ1v) is 7.14. The summed E-state index contributed by atoms with van der Waals surface area (Å²) in [6, 6.07) is 5.15. The van der Waals surface area contributed by atoms with Crippen LogP contribution >= 0.6 is 0 Å². The maximum atomic E-state index is 11.9. The predicted octanol–water partition coefficient (Wildman–Crippen LogP) is 1.93. The third-order valence-electron chi connectivity index (χ3n) is 2.81. The van der Waals surface area contributed by atoms with Gasteiger partial charge in [-0.05, 0) is 43.5 Å². The maximum absolute atomic E-state index is 11.9. The first kappa shape index (κ1) is 14.3. The van der Waals surface area contributed by atoms with Crippen LogP contribution in [0.5, 0.6) is 0 Å². The molecule has 98 valence electrons. The zero-order chi connectivity index (χ0) is 13.9. The summed E-state index contributed by atoms with van der Waals surface area (Å²) in [6.07, 6.45) is 0.233. The van der Waals surface area contributed by atoms with Crippen LogP contribution < -0.4 is 10.5 Å². The molecule has 0 radical (unpaired) electrons. The number of rotatable bonds is 4. The Morgan fingerprint density at radius 3 is 2.44 bits per heavy atom. The van der Waals surface area contributed by atoms with Crippen molar-refractivity contribution in [3.63, 3.8) is 0 Å². The van der Waals surface area contributed by atoms with E-state index in [9.17, 15) is 8.42 Å². The van der Waals surface area contributed by atoms with Crippen LogP contribution in [0.3, 0.4) is 0 Å². The fourth-order valence-corrected chi connectivity index (χ4v) is 2.73. The topological polar surface area (TPSA) is 96.0 Å². The third-order valence-corrected chi connectivity index (χ3v) is 4.50. The molecule has 18 heavy (non-hydrogen) atoms. The Bertz CT molecular complexity index is 588. The van der Waals surface area contributed by atoms with Gasteiger partial charge in [0, 0.05) is 0 Å². The normalized spacial score (nSPS) is 12.8. The fraction of sp³-hybridized carbons (Fsp3) is 0.417. The molecule has 0 saturated heterocycles. The Hall–Kier alpha value is -1.74. The molecule has 0 aliphatic rings. The van der Waals surface area contributed by atoms with E-state index in [-0.39, 0.29) is 6.42 Å². The number of nitrogens with zero attached hydrogens (tertiary/aromatic N) is 1. The summed E-state index contributed by atoms with van der Waals surface area (Å²) in [7, 11) is -3.72. The molecule has 1 rings (SSSR count). The molecule has 1 aromatic rings. The summed E-state index contributed by atoms with van der Waals surface area (Å²) < 4.78 is 26.2. The van der Waals surface area contributed by atoms with Gasteiger partial charge in [0.1, 0.15) is 0 Å². The lowest BCUT2D eigenvalue weighted by Gasteiger charge is -2.14. The largest absolute Gasteiger partial charge is 0.397 e. The molecule has 1 atom stereocenters. The molecule has 0 aliphatic carbocycles. The lowest BCUT2D eigenvalue weighted by atomic mass is 10.1. The van der Waals surface area contributed by atoms with Crippen LogP contribution in [0.25, 0.3) is 0 Å². The molecular formula is C12H17N3O2S. The standard InChI is InChI=1S/C12H17N3O2S/c1-4-10(7-13)18(16,17)15-12-6-9(3)8(2)5-11(12)14/h5-6,10,15H,4,14H2,1-3H3. The minimum absolute atomic E-state index is 0.233. The van der Waals surface area contributed by atoms with E-state index < -0.39 is 15.3 Å². The first-order chi connectivity index (χ1) is 8.31. The van der Waals surface area contributed by atoms with E-state index in [0.29, 0.717) is 11.4 Å². The number of nitrogens with two attached hydrogens (primary N) is 1. The number of anilines is 2. The quantitative estimate of drug-likeness (QED) is 0.815. The molecule has 6 heteroatoms. The lowest BCUT2D eigenvalue weighted by Crippen LogP contribution is -2.26. The minimum atomic E-state index is -3.72. The summed E-state index contributed by atoms with van der Waals surface area (Å²) in [5.74, 6) is 0. The summed E-state index contributed by atoms with van der Waals surface area (Å²) >= 11 is 0. The maximum Gasteiger partial charge on any atom is 0.249 e. The monoisotopic (exact) mass is 267 g/mol. The molecule has 1 unspecified atom stereocenters. The Kier molecular flexibility index (Phi) is 4.19. The number of nitrogens with one attached hydrogen (secondary N) is 1. The van der Waals surface area contributed by atoms with E-state index in [2.05, 4.69) is 4.72 Å². The Morgan fingerprint density at radius 2 is 1.94 bits per heavy atom. The molecule has 3 N–H and O–H groups in total. The van der Waals surface area contributed by atoms with Crippen LogP contribution in [0.15, 0.2) is 12.1 Å². The van der Waals surface area contributed by atoms with E-state index in [4.69, 9.17) is 11.0 Å². The fourth-order valence-electron chi connectivity index (χ4n) is 1.53. The van der Waals surface area contributed by atoms with Gasteiger partial charge in [0.05, 0.1) is 17.4 Å². The van der Waals surface area contributed by atoms with Crippen molar-refractivity contribution >= 4 is 21.4 Å². The third kappa shape index (κ3) is 2.93. The van der Waals surface area contributed by atoms with E-state index in [1.807, 2.05) is 13.8 Å². The van der Waals surface area contributed by atoms with E-state index in [1.165, 1.54) is 0 Å². The van der Waals surface area contributed by atoms with E-state index >= 15 is 0 Å². The highest BCUT2D eigenvalue weighted by atomic mass is 32.2. The van der Waals surface area contributed by atoms with Crippen LogP contribution in [0.2, 0.25) is 0 Å². The summed E-state index contributed by atoms with van der Waals surface area (Å²) in [4.78, 5) is 0. The predicted molar refractivity (Wildman–Crippen MR) is 72.6 cm³/mol. The van der Waals surface area contributed by atoms with Crippen molar-refractivity contribution in [2.24, 2.45) is 0 Å². The summed E-state index contributed by atoms with van der Waals surface area (Å²) in [5.41, 5.74) is 8.38. The van der Waals surface area contributed by atoms with Gasteiger partial charge in [-0.15, -0.1) is 0 Å². The average Bonchev–Trinajstić information content (AvgIpc) is 2.26. The number of benzene rings is 1. The molecule has 0 aromatic heterocycles. The lowest BCUT2D eigenvalue weighted by molar-refractivity contribution is 0.593. The number of hydrogen-bond donors (Lipinski definition) is 2. The van der Waals surface area contributed by atoms with Gasteiger partial charge in [-0.3, -0.25) is 4.72 Å². The molecular weight excluding hydrogens is 250 g/mol. The van der Waals surface area contributed by atoms with E-state index in [0.717, 1.165) is 11.1 Å². The molecule has 0 spiro atoms. The van der Waals surface area contributed by atoms with Crippen molar-refractivity contribution in [1.82, 2.24) is 0 Å². The van der Waals surface area contributed by atoms with Gasteiger partial charge in [0.15, 0.2) is 5.25 Å². The molecule has 0 aliphatic heterocycles. The van der Waals surface area contributed by atoms with Crippen LogP contribution in [0, 0.1) is 25.2 Å². The van der Waals surface area contributed by atoms with Crippen LogP contribution in [0.1, 0.15) is 24.5 Å². The highest BCUT2D eigenvalue weighted by Gasteiger charge is 2.24. The molecule has 0 bridgehead atoms. The number of sulfonamides is 1. The second-order valence-electron chi connectivity index (χ2n) is 4.20. The second-order valence-corrected chi connectivity index (χ2v) is 6.06. The van der Waals surface area contributed by atoms with Crippen molar-refractivity contribution in [3.05, 3.63) is 23.3 Å². The van der Waals surface area contributed by atoms with Gasteiger partial charge in [0.25, 0.3) is 0 Å². The van der Waals surface area contributed by atoms with Crippen molar-refractivity contribution in [1.29, 1.82) is 5.26 Å². The van der Waals surface area contributed by atoms with Crippen molar-refractivity contribution < 1.29 is 8.42 Å². The number of nitrogen functional groups attached to an aromatic ring is 1. The van der Waals surface area contributed by atoms with Gasteiger partial charge in [-0.1, -0.05) is 6.92 Å². The van der Waals surface area contributed by atoms with Crippen LogP contribution in [-0.4, -0.2) is 13.7 Å². The smallest absolute Gasteiger partial charge is 0.249 e. The zero-order valence-corrected chi connectivity index (χ0v) is 11.5. The number of nitriles is 1. The Balaban J connectivity index is 3.13. The van der Waals surface area contributed by atoms with Gasteiger partial charge in [0.2, 0.25) is 10.0 Å². The molecule has 5 nitrogen and oxygen atoms in total. The van der Waals surface area contributed by atoms with Crippen LogP contribution in [0.4, 0.5) is 11.4 Å². The average molecular weight is 267 g/mol. The summed E-state index contributed by atoms with van der Waals surface area (Å²) in [5, 5.41) is 7.74. The van der Waals surface area contributed by atoms with E-state index in [1.54, 1.807) is 25.1 Å². The Labute approximate surface area is 108 Å². The van der Waals surface area contributed by atoms with Gasteiger partial charge < -0.3 is 5.73 Å². The van der Waals surface area contributed by atoms with Crippen LogP contribution in [-0.2, 0) is 10.0 Å². The van der Waals surface area contributed by atoms with Crippen molar-refractivity contribution in [2.75, 3.05) is 10.5 Å². The molecule has 0 saturated carbocycles.